The number of nitrogens with zero attached hydrogens (tertiary/aromatic N) is 1. The fourth-order valence-corrected chi connectivity index (χ4v) is 6.11. The van der Waals surface area contributed by atoms with E-state index in [1.165, 1.54) is 20.3 Å². The van der Waals surface area contributed by atoms with E-state index in [1.54, 1.807) is 18.2 Å². The van der Waals surface area contributed by atoms with Gasteiger partial charge < -0.3 is 14.2 Å². The SMILES string of the molecule is COC(=O)CCc1ccc(OC)c(-c2ccc(C(F)(F)F)cc2C2CCC3C(c4cc(C(F)(F)F)cc(C(F)(F)F)c4)OC(=O)N23)c1. The van der Waals surface area contributed by atoms with Gasteiger partial charge in [0.1, 0.15) is 11.9 Å². The lowest BCUT2D eigenvalue weighted by Crippen LogP contribution is -2.31. The molecule has 2 fully saturated rings. The van der Waals surface area contributed by atoms with Gasteiger partial charge in [-0.3, -0.25) is 9.69 Å². The van der Waals surface area contributed by atoms with Gasteiger partial charge in [0.25, 0.3) is 0 Å². The molecule has 0 N–H and O–H groups in total. The van der Waals surface area contributed by atoms with Crippen LogP contribution in [0.15, 0.2) is 54.6 Å². The van der Waals surface area contributed by atoms with E-state index in [4.69, 9.17) is 9.47 Å². The quantitative estimate of drug-likeness (QED) is 0.185. The molecule has 1 amide bonds. The topological polar surface area (TPSA) is 65.1 Å². The van der Waals surface area contributed by atoms with Crippen molar-refractivity contribution in [1.29, 1.82) is 0 Å². The molecule has 252 valence electrons. The Labute approximate surface area is 262 Å². The van der Waals surface area contributed by atoms with Crippen molar-refractivity contribution in [3.05, 3.63) is 88.0 Å². The van der Waals surface area contributed by atoms with Crippen LogP contribution in [-0.4, -0.2) is 37.2 Å². The number of hydrogen-bond donors (Lipinski definition) is 0. The van der Waals surface area contributed by atoms with Gasteiger partial charge >= 0.3 is 30.6 Å². The Balaban J connectivity index is 1.59. The van der Waals surface area contributed by atoms with E-state index in [0.717, 1.165) is 17.0 Å². The maximum absolute atomic E-state index is 13.9. The smallest absolute Gasteiger partial charge is 0.416 e. The van der Waals surface area contributed by atoms with Crippen molar-refractivity contribution in [2.24, 2.45) is 0 Å². The minimum Gasteiger partial charge on any atom is -0.496 e. The number of esters is 1. The summed E-state index contributed by atoms with van der Waals surface area (Å²) in [5.74, 6) is -0.229. The van der Waals surface area contributed by atoms with Gasteiger partial charge in [-0.1, -0.05) is 12.1 Å². The minimum absolute atomic E-state index is 0.00462. The Kier molecular flexibility index (Phi) is 8.88. The molecular formula is C32H26F9NO5. The van der Waals surface area contributed by atoms with Crippen molar-refractivity contribution in [3.63, 3.8) is 0 Å². The summed E-state index contributed by atoms with van der Waals surface area (Å²) in [5.41, 5.74) is -3.57. The van der Waals surface area contributed by atoms with E-state index in [9.17, 15) is 49.1 Å². The summed E-state index contributed by atoms with van der Waals surface area (Å²) in [5, 5.41) is 0. The Morgan fingerprint density at radius 3 is 2.02 bits per heavy atom. The number of ether oxygens (including phenoxy) is 3. The molecule has 3 atom stereocenters. The lowest BCUT2D eigenvalue weighted by atomic mass is 9.90. The van der Waals surface area contributed by atoms with Crippen LogP contribution in [0.1, 0.15) is 64.8 Å². The summed E-state index contributed by atoms with van der Waals surface area (Å²) in [6.45, 7) is 0. The zero-order chi connectivity index (χ0) is 34.5. The van der Waals surface area contributed by atoms with E-state index in [1.807, 2.05) is 0 Å². The predicted molar refractivity (Wildman–Crippen MR) is 147 cm³/mol. The Hall–Kier alpha value is -4.43. The van der Waals surface area contributed by atoms with Gasteiger partial charge in [-0.05, 0) is 84.0 Å². The summed E-state index contributed by atoms with van der Waals surface area (Å²) < 4.78 is 139. The average molecular weight is 676 g/mol. The maximum Gasteiger partial charge on any atom is 0.416 e. The van der Waals surface area contributed by atoms with Gasteiger partial charge in [0.05, 0.1) is 43.0 Å². The highest BCUT2D eigenvalue weighted by Crippen LogP contribution is 2.51. The van der Waals surface area contributed by atoms with Crippen LogP contribution in [0.4, 0.5) is 44.3 Å². The third kappa shape index (κ3) is 6.84. The van der Waals surface area contributed by atoms with Gasteiger partial charge in [-0.15, -0.1) is 0 Å². The van der Waals surface area contributed by atoms with Crippen molar-refractivity contribution in [1.82, 2.24) is 4.90 Å². The number of cyclic esters (lactones) is 1. The molecule has 0 spiro atoms. The van der Waals surface area contributed by atoms with Gasteiger partial charge in [0.2, 0.25) is 0 Å². The summed E-state index contributed by atoms with van der Waals surface area (Å²) in [6, 6.07) is 6.49. The van der Waals surface area contributed by atoms with Gasteiger partial charge in [-0.2, -0.15) is 39.5 Å². The van der Waals surface area contributed by atoms with Crippen molar-refractivity contribution in [3.8, 4) is 16.9 Å². The molecule has 0 saturated carbocycles. The van der Waals surface area contributed by atoms with Crippen LogP contribution < -0.4 is 4.74 Å². The van der Waals surface area contributed by atoms with E-state index in [-0.39, 0.29) is 48.6 Å². The van der Waals surface area contributed by atoms with Crippen molar-refractivity contribution in [2.75, 3.05) is 14.2 Å². The first-order chi connectivity index (χ1) is 21.9. The molecule has 0 aliphatic carbocycles. The molecule has 3 aromatic rings. The van der Waals surface area contributed by atoms with Crippen LogP contribution in [0.2, 0.25) is 0 Å². The van der Waals surface area contributed by atoms with Crippen LogP contribution in [0.5, 0.6) is 5.75 Å². The van der Waals surface area contributed by atoms with E-state index in [0.29, 0.717) is 23.3 Å². The number of aryl methyl sites for hydroxylation is 1. The van der Waals surface area contributed by atoms with E-state index >= 15 is 0 Å². The zero-order valence-corrected chi connectivity index (χ0v) is 24.6. The molecule has 0 radical (unpaired) electrons. The van der Waals surface area contributed by atoms with Crippen LogP contribution in [-0.2, 0) is 39.2 Å². The highest BCUT2D eigenvalue weighted by Gasteiger charge is 2.52. The van der Waals surface area contributed by atoms with Crippen molar-refractivity contribution >= 4 is 12.1 Å². The molecule has 2 saturated heterocycles. The van der Waals surface area contributed by atoms with Crippen molar-refractivity contribution in [2.45, 2.75) is 62.4 Å². The molecule has 3 aromatic carbocycles. The third-order valence-corrected chi connectivity index (χ3v) is 8.29. The van der Waals surface area contributed by atoms with Crippen LogP contribution in [0.25, 0.3) is 11.1 Å². The average Bonchev–Trinajstić information content (AvgIpc) is 3.59. The van der Waals surface area contributed by atoms with Crippen LogP contribution in [0, 0.1) is 0 Å². The summed E-state index contributed by atoms with van der Waals surface area (Å²) in [6.07, 6.45) is -17.5. The normalized spacial score (nSPS) is 19.9. The summed E-state index contributed by atoms with van der Waals surface area (Å²) in [7, 11) is 2.57. The first-order valence-electron chi connectivity index (χ1n) is 14.2. The summed E-state index contributed by atoms with van der Waals surface area (Å²) in [4.78, 5) is 26.0. The number of benzene rings is 3. The number of fused-ring (bicyclic) bond motifs is 1. The number of amides is 1. The molecule has 0 bridgehead atoms. The number of halogens is 9. The van der Waals surface area contributed by atoms with E-state index in [2.05, 4.69) is 4.74 Å². The van der Waals surface area contributed by atoms with Crippen LogP contribution in [0.3, 0.4) is 0 Å². The molecule has 0 aromatic heterocycles. The number of carbonyl (C=O) groups is 2. The second-order valence-corrected chi connectivity index (χ2v) is 11.1. The van der Waals surface area contributed by atoms with Crippen LogP contribution >= 0.6 is 0 Å². The molecule has 2 heterocycles. The first kappa shape index (κ1) is 33.9. The highest BCUT2D eigenvalue weighted by atomic mass is 19.4. The molecule has 47 heavy (non-hydrogen) atoms. The third-order valence-electron chi connectivity index (χ3n) is 8.29. The molecule has 15 heteroatoms. The summed E-state index contributed by atoms with van der Waals surface area (Å²) >= 11 is 0. The number of rotatable bonds is 7. The number of carbonyl (C=O) groups excluding carboxylic acids is 2. The standard InChI is InChI=1S/C32H26F9NO5/c1-45-26-9-3-16(4-10-27(43)46-2)11-23(26)21-6-5-18(30(33,34)35)15-22(21)24-7-8-25-28(47-29(44)42(24)25)17-12-19(31(36,37)38)14-20(13-17)32(39,40)41/h3,5-6,9,11-15,24-25,28H,4,7-8,10H2,1-2H3. The largest absolute Gasteiger partial charge is 0.496 e. The molecular weight excluding hydrogens is 649 g/mol. The molecule has 2 aliphatic rings. The zero-order valence-electron chi connectivity index (χ0n) is 24.6. The lowest BCUT2D eigenvalue weighted by molar-refractivity contribution is -0.143. The Morgan fingerprint density at radius 2 is 1.45 bits per heavy atom. The predicted octanol–water partition coefficient (Wildman–Crippen LogP) is 8.92. The number of methoxy groups -OCH3 is 2. The highest BCUT2D eigenvalue weighted by molar-refractivity contribution is 5.78. The van der Waals surface area contributed by atoms with Crippen molar-refractivity contribution < 1.29 is 63.3 Å². The molecule has 6 nitrogen and oxygen atoms in total. The van der Waals surface area contributed by atoms with Gasteiger partial charge in [0, 0.05) is 12.0 Å². The number of hydrogen-bond acceptors (Lipinski definition) is 5. The monoisotopic (exact) mass is 675 g/mol. The maximum atomic E-state index is 13.9. The number of alkyl halides is 9. The van der Waals surface area contributed by atoms with Gasteiger partial charge in [0.15, 0.2) is 0 Å². The first-order valence-corrected chi connectivity index (χ1v) is 14.2. The Bertz CT molecular complexity index is 1650. The fourth-order valence-electron chi connectivity index (χ4n) is 6.11. The Morgan fingerprint density at radius 1 is 0.809 bits per heavy atom. The lowest BCUT2D eigenvalue weighted by Gasteiger charge is -2.26. The second kappa shape index (κ2) is 12.3. The molecule has 2 aliphatic heterocycles. The van der Waals surface area contributed by atoms with E-state index < -0.39 is 71.0 Å². The van der Waals surface area contributed by atoms with Gasteiger partial charge in [-0.25, -0.2) is 4.79 Å². The minimum atomic E-state index is -5.14. The fraction of sp³-hybridized carbons (Fsp3) is 0.375. The second-order valence-electron chi connectivity index (χ2n) is 11.1. The molecule has 5 rings (SSSR count). The molecule has 3 unspecified atom stereocenters.